The van der Waals surface area contributed by atoms with E-state index in [0.717, 1.165) is 11.1 Å². The third kappa shape index (κ3) is 4.49. The number of aliphatic hydroxyl groups is 1. The summed E-state index contributed by atoms with van der Waals surface area (Å²) >= 11 is 0. The highest BCUT2D eigenvalue weighted by Crippen LogP contribution is 2.21. The first-order chi connectivity index (χ1) is 12.2. The number of furan rings is 1. The molecule has 3 aromatic rings. The van der Waals surface area contributed by atoms with Gasteiger partial charge in [0.2, 0.25) is 0 Å². The molecule has 0 fully saturated rings. The van der Waals surface area contributed by atoms with Crippen molar-refractivity contribution < 1.29 is 14.3 Å². The molecule has 1 heterocycles. The molecule has 3 rings (SSSR count). The lowest BCUT2D eigenvalue weighted by molar-refractivity contribution is 0.172. The smallest absolute Gasteiger partial charge is 0.315 e. The fourth-order valence-electron chi connectivity index (χ4n) is 2.60. The first-order valence-electron chi connectivity index (χ1n) is 8.08. The Bertz CT molecular complexity index is 734. The number of urea groups is 1. The van der Waals surface area contributed by atoms with Crippen LogP contribution in [0.15, 0.2) is 83.7 Å². The fraction of sp³-hybridized carbons (Fsp3) is 0.150. The van der Waals surface area contributed by atoms with E-state index in [9.17, 15) is 9.90 Å². The number of hydrogen-bond acceptors (Lipinski definition) is 3. The number of benzene rings is 2. The van der Waals surface area contributed by atoms with E-state index in [4.69, 9.17) is 4.42 Å². The van der Waals surface area contributed by atoms with Crippen molar-refractivity contribution in [2.45, 2.75) is 12.1 Å². The lowest BCUT2D eigenvalue weighted by atomic mass is 9.99. The molecule has 0 spiro atoms. The van der Waals surface area contributed by atoms with Crippen molar-refractivity contribution in [3.8, 4) is 0 Å². The Kier molecular flexibility index (Phi) is 5.49. The highest BCUT2D eigenvalue weighted by atomic mass is 16.3. The molecule has 0 aliphatic heterocycles. The van der Waals surface area contributed by atoms with Gasteiger partial charge in [0, 0.05) is 12.1 Å². The molecular weight excluding hydrogens is 316 g/mol. The molecule has 25 heavy (non-hydrogen) atoms. The molecular formula is C20H20N2O3. The molecule has 128 valence electrons. The van der Waals surface area contributed by atoms with Crippen LogP contribution < -0.4 is 10.6 Å². The normalized spacial score (nSPS) is 11.9. The van der Waals surface area contributed by atoms with Crippen LogP contribution in [0.2, 0.25) is 0 Å². The van der Waals surface area contributed by atoms with Gasteiger partial charge in [-0.1, -0.05) is 60.7 Å². The third-order valence-electron chi connectivity index (χ3n) is 3.93. The Morgan fingerprint density at radius 2 is 1.52 bits per heavy atom. The van der Waals surface area contributed by atoms with Gasteiger partial charge in [-0.3, -0.25) is 0 Å². The molecule has 0 aliphatic carbocycles. The molecule has 1 aromatic heterocycles. The minimum Gasteiger partial charge on any atom is -0.472 e. The zero-order valence-corrected chi connectivity index (χ0v) is 13.6. The molecule has 0 saturated heterocycles. The molecule has 1 atom stereocenters. The van der Waals surface area contributed by atoms with Crippen LogP contribution in [0, 0.1) is 0 Å². The minimum atomic E-state index is -0.809. The first kappa shape index (κ1) is 16.8. The highest BCUT2D eigenvalue weighted by Gasteiger charge is 2.17. The van der Waals surface area contributed by atoms with Crippen molar-refractivity contribution in [3.63, 3.8) is 0 Å². The quantitative estimate of drug-likeness (QED) is 0.646. The summed E-state index contributed by atoms with van der Waals surface area (Å²) in [6.07, 6.45) is 2.14. The lowest BCUT2D eigenvalue weighted by Crippen LogP contribution is -2.40. The van der Waals surface area contributed by atoms with Gasteiger partial charge in [-0.05, 0) is 17.2 Å². The largest absolute Gasteiger partial charge is 0.472 e. The minimum absolute atomic E-state index is 0.0989. The van der Waals surface area contributed by atoms with Gasteiger partial charge < -0.3 is 20.2 Å². The van der Waals surface area contributed by atoms with Gasteiger partial charge in [0.25, 0.3) is 0 Å². The second-order valence-corrected chi connectivity index (χ2v) is 5.68. The molecule has 0 saturated carbocycles. The molecule has 2 amide bonds. The number of rotatable bonds is 6. The van der Waals surface area contributed by atoms with Crippen molar-refractivity contribution in [2.75, 3.05) is 6.54 Å². The molecule has 5 nitrogen and oxygen atoms in total. The summed E-state index contributed by atoms with van der Waals surface area (Å²) in [4.78, 5) is 12.3. The van der Waals surface area contributed by atoms with Crippen molar-refractivity contribution in [1.82, 2.24) is 10.6 Å². The zero-order chi connectivity index (χ0) is 17.5. The van der Waals surface area contributed by atoms with Gasteiger partial charge in [0.1, 0.15) is 0 Å². The summed E-state index contributed by atoms with van der Waals surface area (Å²) in [6, 6.07) is 20.6. The highest BCUT2D eigenvalue weighted by molar-refractivity contribution is 5.75. The van der Waals surface area contributed by atoms with Crippen LogP contribution in [-0.2, 0) is 0 Å². The second kappa shape index (κ2) is 8.17. The van der Waals surface area contributed by atoms with Crippen LogP contribution in [0.4, 0.5) is 4.79 Å². The summed E-state index contributed by atoms with van der Waals surface area (Å²) < 4.78 is 4.93. The van der Waals surface area contributed by atoms with Crippen LogP contribution in [0.5, 0.6) is 0 Å². The first-order valence-corrected chi connectivity index (χ1v) is 8.08. The third-order valence-corrected chi connectivity index (χ3v) is 3.93. The summed E-state index contributed by atoms with van der Waals surface area (Å²) in [5.41, 5.74) is 2.60. The van der Waals surface area contributed by atoms with Gasteiger partial charge in [-0.15, -0.1) is 0 Å². The predicted octanol–water partition coefficient (Wildman–Crippen LogP) is 3.40. The zero-order valence-electron chi connectivity index (χ0n) is 13.6. The molecule has 3 N–H and O–H groups in total. The number of carbonyl (C=O) groups excluding carboxylic acids is 1. The van der Waals surface area contributed by atoms with Crippen molar-refractivity contribution in [1.29, 1.82) is 0 Å². The van der Waals surface area contributed by atoms with E-state index in [0.29, 0.717) is 5.56 Å². The predicted molar refractivity (Wildman–Crippen MR) is 94.9 cm³/mol. The Balaban J connectivity index is 1.67. The van der Waals surface area contributed by atoms with E-state index < -0.39 is 6.10 Å². The van der Waals surface area contributed by atoms with E-state index in [1.807, 2.05) is 60.7 Å². The summed E-state index contributed by atoms with van der Waals surface area (Å²) in [7, 11) is 0. The standard InChI is InChI=1S/C20H20N2O3/c23-18(17-11-12-25-14-17)13-21-20(24)22-19(15-7-3-1-4-8-15)16-9-5-2-6-10-16/h1-12,14,18-19,23H,13H2,(H2,21,22,24)/t18-/m1/s1. The maximum atomic E-state index is 12.3. The second-order valence-electron chi connectivity index (χ2n) is 5.68. The topological polar surface area (TPSA) is 74.5 Å². The summed E-state index contributed by atoms with van der Waals surface area (Å²) in [5.74, 6) is 0. The van der Waals surface area contributed by atoms with Gasteiger partial charge >= 0.3 is 6.03 Å². The van der Waals surface area contributed by atoms with Crippen molar-refractivity contribution >= 4 is 6.03 Å². The van der Waals surface area contributed by atoms with E-state index in [-0.39, 0.29) is 18.6 Å². The maximum Gasteiger partial charge on any atom is 0.315 e. The average Bonchev–Trinajstić information content (AvgIpc) is 3.20. The van der Waals surface area contributed by atoms with Gasteiger partial charge in [0.05, 0.1) is 24.7 Å². The molecule has 0 aliphatic rings. The number of aliphatic hydroxyl groups excluding tert-OH is 1. The number of nitrogens with one attached hydrogen (secondary N) is 2. The number of carbonyl (C=O) groups is 1. The summed E-state index contributed by atoms with van der Waals surface area (Å²) in [5, 5.41) is 15.7. The molecule has 0 unspecified atom stereocenters. The van der Waals surface area contributed by atoms with Crippen molar-refractivity contribution in [3.05, 3.63) is 95.9 Å². The molecule has 2 aromatic carbocycles. The van der Waals surface area contributed by atoms with E-state index in [1.165, 1.54) is 12.5 Å². The van der Waals surface area contributed by atoms with Gasteiger partial charge in [0.15, 0.2) is 0 Å². The SMILES string of the molecule is O=C(NC[C@@H](O)c1ccoc1)NC(c1ccccc1)c1ccccc1. The Labute approximate surface area is 146 Å². The van der Waals surface area contributed by atoms with Crippen LogP contribution in [0.25, 0.3) is 0 Å². The number of hydrogen-bond donors (Lipinski definition) is 3. The van der Waals surface area contributed by atoms with Crippen LogP contribution in [-0.4, -0.2) is 17.7 Å². The van der Waals surface area contributed by atoms with Crippen molar-refractivity contribution in [2.24, 2.45) is 0 Å². The van der Waals surface area contributed by atoms with Gasteiger partial charge in [-0.2, -0.15) is 0 Å². The monoisotopic (exact) mass is 336 g/mol. The molecule has 0 radical (unpaired) electrons. The van der Waals surface area contributed by atoms with E-state index in [1.54, 1.807) is 6.07 Å². The Hall–Kier alpha value is -3.05. The van der Waals surface area contributed by atoms with E-state index in [2.05, 4.69) is 10.6 Å². The maximum absolute atomic E-state index is 12.3. The fourth-order valence-corrected chi connectivity index (χ4v) is 2.60. The molecule has 5 heteroatoms. The summed E-state index contributed by atoms with van der Waals surface area (Å²) in [6.45, 7) is 0.0989. The number of amides is 2. The Morgan fingerprint density at radius 1 is 0.920 bits per heavy atom. The lowest BCUT2D eigenvalue weighted by Gasteiger charge is -2.20. The molecule has 0 bridgehead atoms. The average molecular weight is 336 g/mol. The van der Waals surface area contributed by atoms with Crippen LogP contribution in [0.3, 0.4) is 0 Å². The Morgan fingerprint density at radius 3 is 2.04 bits per heavy atom. The van der Waals surface area contributed by atoms with Crippen LogP contribution >= 0.6 is 0 Å². The van der Waals surface area contributed by atoms with Crippen LogP contribution in [0.1, 0.15) is 28.8 Å². The van der Waals surface area contributed by atoms with Gasteiger partial charge in [-0.25, -0.2) is 4.79 Å². The van der Waals surface area contributed by atoms with E-state index >= 15 is 0 Å².